The number of methoxy groups -OCH3 is 2. The number of piperazine rings is 1. The summed E-state index contributed by atoms with van der Waals surface area (Å²) in [6, 6.07) is 8.34. The van der Waals surface area contributed by atoms with Crippen LogP contribution >= 0.6 is 0 Å². The van der Waals surface area contributed by atoms with Gasteiger partial charge in [-0.05, 0) is 30.7 Å². The van der Waals surface area contributed by atoms with Crippen LogP contribution in [0.15, 0.2) is 36.7 Å². The van der Waals surface area contributed by atoms with Gasteiger partial charge in [0.2, 0.25) is 5.95 Å². The van der Waals surface area contributed by atoms with Gasteiger partial charge in [0.05, 0.1) is 14.2 Å². The van der Waals surface area contributed by atoms with Gasteiger partial charge in [-0.15, -0.1) is 0 Å². The zero-order chi connectivity index (χ0) is 16.9. The van der Waals surface area contributed by atoms with E-state index in [0.717, 1.165) is 43.6 Å². The Kier molecular flexibility index (Phi) is 5.15. The molecule has 1 aliphatic heterocycles. The molecule has 1 fully saturated rings. The summed E-state index contributed by atoms with van der Waals surface area (Å²) in [6.07, 6.45) is 3.59. The third kappa shape index (κ3) is 3.59. The molecule has 6 nitrogen and oxygen atoms in total. The van der Waals surface area contributed by atoms with Crippen LogP contribution in [0.3, 0.4) is 0 Å². The molecule has 3 rings (SSSR count). The fraction of sp³-hybridized carbons (Fsp3) is 0.444. The highest BCUT2D eigenvalue weighted by atomic mass is 16.5. The average molecular weight is 328 g/mol. The number of hydrogen-bond acceptors (Lipinski definition) is 6. The highest BCUT2D eigenvalue weighted by Gasteiger charge is 2.25. The van der Waals surface area contributed by atoms with E-state index >= 15 is 0 Å². The normalized spacial score (nSPS) is 18.5. The molecule has 0 aliphatic carbocycles. The van der Waals surface area contributed by atoms with Crippen LogP contribution in [-0.2, 0) is 6.54 Å². The van der Waals surface area contributed by atoms with Crippen molar-refractivity contribution in [3.05, 3.63) is 42.2 Å². The molecule has 2 aromatic rings. The predicted molar refractivity (Wildman–Crippen MR) is 93.7 cm³/mol. The summed E-state index contributed by atoms with van der Waals surface area (Å²) in [6.45, 7) is 6.01. The number of rotatable bonds is 5. The van der Waals surface area contributed by atoms with E-state index in [-0.39, 0.29) is 0 Å². The molecular formula is C18H24N4O2. The standard InChI is InChI=1S/C18H24N4O2/c1-14-12-21(9-10-22(14)18-19-7-4-8-20-18)13-15-5-6-16(23-2)17(11-15)24-3/h4-8,11,14H,9-10,12-13H2,1-3H3. The van der Waals surface area contributed by atoms with E-state index < -0.39 is 0 Å². The van der Waals surface area contributed by atoms with Crippen LogP contribution < -0.4 is 14.4 Å². The van der Waals surface area contributed by atoms with E-state index in [2.05, 4.69) is 38.8 Å². The molecule has 0 bridgehead atoms. The molecule has 1 saturated heterocycles. The molecule has 0 amide bonds. The van der Waals surface area contributed by atoms with E-state index in [1.807, 2.05) is 12.1 Å². The largest absolute Gasteiger partial charge is 0.493 e. The molecular weight excluding hydrogens is 304 g/mol. The topological polar surface area (TPSA) is 50.7 Å². The van der Waals surface area contributed by atoms with Crippen molar-refractivity contribution in [3.8, 4) is 11.5 Å². The maximum Gasteiger partial charge on any atom is 0.225 e. The highest BCUT2D eigenvalue weighted by Crippen LogP contribution is 2.28. The summed E-state index contributed by atoms with van der Waals surface area (Å²) in [5.41, 5.74) is 1.23. The zero-order valence-electron chi connectivity index (χ0n) is 14.5. The first-order valence-electron chi connectivity index (χ1n) is 8.18. The van der Waals surface area contributed by atoms with Crippen molar-refractivity contribution in [2.24, 2.45) is 0 Å². The van der Waals surface area contributed by atoms with Gasteiger partial charge in [0.15, 0.2) is 11.5 Å². The van der Waals surface area contributed by atoms with Crippen LogP contribution in [0.4, 0.5) is 5.95 Å². The van der Waals surface area contributed by atoms with Gasteiger partial charge >= 0.3 is 0 Å². The first-order valence-corrected chi connectivity index (χ1v) is 8.18. The van der Waals surface area contributed by atoms with Gasteiger partial charge < -0.3 is 14.4 Å². The van der Waals surface area contributed by atoms with Crippen LogP contribution in [0.5, 0.6) is 11.5 Å². The lowest BCUT2D eigenvalue weighted by Gasteiger charge is -2.39. The Labute approximate surface area is 143 Å². The summed E-state index contributed by atoms with van der Waals surface area (Å²) in [7, 11) is 3.33. The highest BCUT2D eigenvalue weighted by molar-refractivity contribution is 5.43. The Bertz CT molecular complexity index is 665. The maximum atomic E-state index is 5.39. The Morgan fingerprint density at radius 1 is 1.08 bits per heavy atom. The van der Waals surface area contributed by atoms with E-state index in [1.54, 1.807) is 26.6 Å². The molecule has 1 aromatic carbocycles. The minimum atomic E-state index is 0.376. The van der Waals surface area contributed by atoms with Crippen molar-refractivity contribution in [3.63, 3.8) is 0 Å². The lowest BCUT2D eigenvalue weighted by Crippen LogP contribution is -2.52. The molecule has 1 unspecified atom stereocenters. The van der Waals surface area contributed by atoms with Gasteiger partial charge in [0.1, 0.15) is 0 Å². The molecule has 0 saturated carbocycles. The lowest BCUT2D eigenvalue weighted by molar-refractivity contribution is 0.219. The minimum absolute atomic E-state index is 0.376. The molecule has 128 valence electrons. The van der Waals surface area contributed by atoms with Crippen LogP contribution in [0.25, 0.3) is 0 Å². The van der Waals surface area contributed by atoms with Gasteiger partial charge in [-0.25, -0.2) is 9.97 Å². The summed E-state index contributed by atoms with van der Waals surface area (Å²) in [4.78, 5) is 13.5. The molecule has 0 radical (unpaired) electrons. The van der Waals surface area contributed by atoms with Gasteiger partial charge in [0.25, 0.3) is 0 Å². The smallest absolute Gasteiger partial charge is 0.225 e. The predicted octanol–water partition coefficient (Wildman–Crippen LogP) is 2.20. The van der Waals surface area contributed by atoms with Crippen LogP contribution in [-0.4, -0.2) is 54.8 Å². The summed E-state index contributed by atoms with van der Waals surface area (Å²) < 4.78 is 10.7. The Morgan fingerprint density at radius 2 is 1.83 bits per heavy atom. The molecule has 0 spiro atoms. The fourth-order valence-corrected chi connectivity index (χ4v) is 3.15. The summed E-state index contributed by atoms with van der Waals surface area (Å²) >= 11 is 0. The van der Waals surface area contributed by atoms with Crippen molar-refractivity contribution < 1.29 is 9.47 Å². The summed E-state index contributed by atoms with van der Waals surface area (Å²) in [5.74, 6) is 2.36. The Balaban J connectivity index is 1.64. The molecule has 0 N–H and O–H groups in total. The fourth-order valence-electron chi connectivity index (χ4n) is 3.15. The van der Waals surface area contributed by atoms with Crippen molar-refractivity contribution in [2.75, 3.05) is 38.8 Å². The monoisotopic (exact) mass is 328 g/mol. The van der Waals surface area contributed by atoms with E-state index in [1.165, 1.54) is 5.56 Å². The van der Waals surface area contributed by atoms with Gasteiger partial charge in [-0.2, -0.15) is 0 Å². The minimum Gasteiger partial charge on any atom is -0.493 e. The van der Waals surface area contributed by atoms with Crippen molar-refractivity contribution in [1.29, 1.82) is 0 Å². The van der Waals surface area contributed by atoms with E-state index in [0.29, 0.717) is 6.04 Å². The van der Waals surface area contributed by atoms with E-state index in [9.17, 15) is 0 Å². The number of aromatic nitrogens is 2. The second-order valence-electron chi connectivity index (χ2n) is 6.02. The van der Waals surface area contributed by atoms with Crippen LogP contribution in [0.1, 0.15) is 12.5 Å². The first-order chi connectivity index (χ1) is 11.7. The van der Waals surface area contributed by atoms with Gasteiger partial charge in [-0.1, -0.05) is 6.07 Å². The zero-order valence-corrected chi connectivity index (χ0v) is 14.5. The second kappa shape index (κ2) is 7.49. The number of benzene rings is 1. The van der Waals surface area contributed by atoms with Crippen LogP contribution in [0, 0.1) is 0 Å². The van der Waals surface area contributed by atoms with Crippen molar-refractivity contribution >= 4 is 5.95 Å². The average Bonchev–Trinajstić information content (AvgIpc) is 2.62. The third-order valence-electron chi connectivity index (χ3n) is 4.37. The van der Waals surface area contributed by atoms with Gasteiger partial charge in [0, 0.05) is 44.6 Å². The quantitative estimate of drug-likeness (QED) is 0.839. The molecule has 1 aliphatic rings. The van der Waals surface area contributed by atoms with Crippen LogP contribution in [0.2, 0.25) is 0 Å². The molecule has 6 heteroatoms. The maximum absolute atomic E-state index is 5.39. The Hall–Kier alpha value is -2.34. The van der Waals surface area contributed by atoms with E-state index in [4.69, 9.17) is 9.47 Å². The molecule has 1 atom stereocenters. The molecule has 2 heterocycles. The summed E-state index contributed by atoms with van der Waals surface area (Å²) in [5, 5.41) is 0. The first kappa shape index (κ1) is 16.5. The van der Waals surface area contributed by atoms with Crippen molar-refractivity contribution in [2.45, 2.75) is 19.5 Å². The molecule has 24 heavy (non-hydrogen) atoms. The lowest BCUT2D eigenvalue weighted by atomic mass is 10.1. The van der Waals surface area contributed by atoms with Crippen molar-refractivity contribution in [1.82, 2.24) is 14.9 Å². The second-order valence-corrected chi connectivity index (χ2v) is 6.02. The Morgan fingerprint density at radius 3 is 2.50 bits per heavy atom. The SMILES string of the molecule is COc1ccc(CN2CCN(c3ncccn3)C(C)C2)cc1OC. The number of nitrogens with zero attached hydrogens (tertiary/aromatic N) is 4. The van der Waals surface area contributed by atoms with Gasteiger partial charge in [-0.3, -0.25) is 4.90 Å². The number of anilines is 1. The number of hydrogen-bond donors (Lipinski definition) is 0. The molecule has 1 aromatic heterocycles. The number of ether oxygens (including phenoxy) is 2. The third-order valence-corrected chi connectivity index (χ3v) is 4.37.